The van der Waals surface area contributed by atoms with E-state index in [2.05, 4.69) is 35.5 Å². The highest BCUT2D eigenvalue weighted by molar-refractivity contribution is 4.95. The van der Waals surface area contributed by atoms with E-state index in [1.54, 1.807) is 0 Å². The zero-order valence-electron chi connectivity index (χ0n) is 14.1. The molecule has 1 rings (SSSR count). The minimum atomic E-state index is 0.0964. The Balaban J connectivity index is 1.91. The predicted molar refractivity (Wildman–Crippen MR) is 92.5 cm³/mol. The maximum absolute atomic E-state index is 5.94. The third kappa shape index (κ3) is 8.15. The van der Waals surface area contributed by atoms with Gasteiger partial charge >= 0.3 is 0 Å². The zero-order valence-corrected chi connectivity index (χ0v) is 14.1. The molecule has 0 aromatic heterocycles. The molecule has 0 saturated heterocycles. The quantitative estimate of drug-likeness (QED) is 0.412. The van der Waals surface area contributed by atoms with Crippen molar-refractivity contribution in [2.75, 3.05) is 0 Å². The number of nitrogens with zero attached hydrogens (tertiary/aromatic N) is 1. The van der Waals surface area contributed by atoms with Crippen LogP contribution in [0.25, 0.3) is 0 Å². The van der Waals surface area contributed by atoms with Crippen molar-refractivity contribution in [3.63, 3.8) is 0 Å². The van der Waals surface area contributed by atoms with E-state index in [0.29, 0.717) is 6.17 Å². The molecule has 1 heterocycles. The lowest BCUT2D eigenvalue weighted by molar-refractivity contribution is 0.208. The highest BCUT2D eigenvalue weighted by Crippen LogP contribution is 2.15. The molecule has 0 aromatic rings. The Morgan fingerprint density at radius 1 is 1.10 bits per heavy atom. The molecule has 0 amide bonds. The van der Waals surface area contributed by atoms with Crippen LogP contribution < -0.4 is 11.1 Å². The molecular weight excluding hydrogens is 258 g/mol. The molecule has 0 fully saturated rings. The van der Waals surface area contributed by atoms with Crippen LogP contribution in [0.15, 0.2) is 24.6 Å². The molecule has 1 aliphatic rings. The first-order valence-electron chi connectivity index (χ1n) is 8.86. The van der Waals surface area contributed by atoms with Crippen molar-refractivity contribution < 1.29 is 0 Å². The Morgan fingerprint density at radius 3 is 2.43 bits per heavy atom. The molecule has 2 unspecified atom stereocenters. The van der Waals surface area contributed by atoms with Crippen molar-refractivity contribution in [2.24, 2.45) is 5.73 Å². The molecule has 21 heavy (non-hydrogen) atoms. The van der Waals surface area contributed by atoms with Gasteiger partial charge in [0, 0.05) is 12.4 Å². The van der Waals surface area contributed by atoms with Gasteiger partial charge in [-0.05, 0) is 45.4 Å². The van der Waals surface area contributed by atoms with Gasteiger partial charge in [0.15, 0.2) is 0 Å². The molecule has 1 aliphatic heterocycles. The van der Waals surface area contributed by atoms with Gasteiger partial charge in [-0.3, -0.25) is 0 Å². The fourth-order valence-corrected chi connectivity index (χ4v) is 2.78. The van der Waals surface area contributed by atoms with Crippen LogP contribution in [-0.4, -0.2) is 17.2 Å². The summed E-state index contributed by atoms with van der Waals surface area (Å²) in [6, 6.07) is 0. The molecule has 122 valence electrons. The van der Waals surface area contributed by atoms with E-state index in [-0.39, 0.29) is 6.17 Å². The Morgan fingerprint density at radius 2 is 1.76 bits per heavy atom. The topological polar surface area (TPSA) is 41.3 Å². The van der Waals surface area contributed by atoms with Crippen LogP contribution in [0.3, 0.4) is 0 Å². The minimum Gasteiger partial charge on any atom is -0.370 e. The van der Waals surface area contributed by atoms with Gasteiger partial charge in [-0.1, -0.05) is 44.8 Å². The molecule has 2 atom stereocenters. The van der Waals surface area contributed by atoms with Gasteiger partial charge in [-0.25, -0.2) is 0 Å². The van der Waals surface area contributed by atoms with Crippen LogP contribution in [0.1, 0.15) is 78.1 Å². The van der Waals surface area contributed by atoms with Gasteiger partial charge < -0.3 is 16.0 Å². The third-order valence-corrected chi connectivity index (χ3v) is 4.10. The summed E-state index contributed by atoms with van der Waals surface area (Å²) in [5.74, 6) is 0. The number of nitrogens with two attached hydrogens (primary N) is 1. The van der Waals surface area contributed by atoms with Crippen LogP contribution in [0.4, 0.5) is 0 Å². The average Bonchev–Trinajstić information content (AvgIpc) is 2.93. The smallest absolute Gasteiger partial charge is 0.0995 e. The first-order valence-corrected chi connectivity index (χ1v) is 8.86. The van der Waals surface area contributed by atoms with E-state index in [4.69, 9.17) is 5.73 Å². The molecule has 0 radical (unpaired) electrons. The maximum atomic E-state index is 5.94. The summed E-state index contributed by atoms with van der Waals surface area (Å²) >= 11 is 0. The summed E-state index contributed by atoms with van der Waals surface area (Å²) in [6.45, 7) is 4.30. The number of nitrogens with one attached hydrogen (secondary N) is 1. The average molecular weight is 293 g/mol. The second-order valence-corrected chi connectivity index (χ2v) is 6.14. The molecule has 3 heteroatoms. The second-order valence-electron chi connectivity index (χ2n) is 6.14. The Kier molecular flexibility index (Phi) is 10.1. The lowest BCUT2D eigenvalue weighted by Crippen LogP contribution is -2.44. The van der Waals surface area contributed by atoms with E-state index in [1.807, 2.05) is 13.1 Å². The van der Waals surface area contributed by atoms with Gasteiger partial charge in [0.05, 0.1) is 12.3 Å². The standard InChI is InChI=1S/C18H35N3/c1-3-4-5-6-7-8-9-10-11-12-13-14-18-20-15-16-21(18)17(2)19/h7-8,15-18,20H,3-6,9-14,19H2,1-2H3/b8-7+. The van der Waals surface area contributed by atoms with Crippen molar-refractivity contribution in [1.82, 2.24) is 10.2 Å². The molecule has 3 nitrogen and oxygen atoms in total. The fraction of sp³-hybridized carbons (Fsp3) is 0.778. The van der Waals surface area contributed by atoms with Crippen LogP contribution in [0.5, 0.6) is 0 Å². The van der Waals surface area contributed by atoms with E-state index in [1.165, 1.54) is 64.2 Å². The van der Waals surface area contributed by atoms with Crippen LogP contribution in [-0.2, 0) is 0 Å². The molecule has 3 N–H and O–H groups in total. The van der Waals surface area contributed by atoms with Gasteiger partial charge in [0.25, 0.3) is 0 Å². The lowest BCUT2D eigenvalue weighted by Gasteiger charge is -2.28. The first-order chi connectivity index (χ1) is 10.3. The zero-order chi connectivity index (χ0) is 15.3. The van der Waals surface area contributed by atoms with Gasteiger partial charge in [0.2, 0.25) is 0 Å². The van der Waals surface area contributed by atoms with Crippen molar-refractivity contribution in [3.05, 3.63) is 24.6 Å². The summed E-state index contributed by atoms with van der Waals surface area (Å²) in [4.78, 5) is 2.21. The van der Waals surface area contributed by atoms with E-state index < -0.39 is 0 Å². The molecule has 0 bridgehead atoms. The first kappa shape index (κ1) is 18.1. The van der Waals surface area contributed by atoms with Gasteiger partial charge in [-0.2, -0.15) is 0 Å². The van der Waals surface area contributed by atoms with Crippen molar-refractivity contribution in [1.29, 1.82) is 0 Å². The van der Waals surface area contributed by atoms with Crippen LogP contribution in [0, 0.1) is 0 Å². The van der Waals surface area contributed by atoms with Crippen molar-refractivity contribution in [2.45, 2.75) is 90.4 Å². The monoisotopic (exact) mass is 293 g/mol. The fourth-order valence-electron chi connectivity index (χ4n) is 2.78. The number of hydrogen-bond acceptors (Lipinski definition) is 3. The summed E-state index contributed by atoms with van der Waals surface area (Å²) in [5, 5.41) is 3.38. The maximum Gasteiger partial charge on any atom is 0.0995 e. The highest BCUT2D eigenvalue weighted by Gasteiger charge is 2.20. The van der Waals surface area contributed by atoms with E-state index in [0.717, 1.165) is 0 Å². The normalized spacial score (nSPS) is 19.4. The molecule has 0 spiro atoms. The minimum absolute atomic E-state index is 0.0964. The molecule has 0 saturated carbocycles. The lowest BCUT2D eigenvalue weighted by atomic mass is 10.1. The number of rotatable bonds is 12. The Labute approximate surface area is 131 Å². The number of unbranched alkanes of at least 4 members (excludes halogenated alkanes) is 7. The second kappa shape index (κ2) is 11.7. The summed E-state index contributed by atoms with van der Waals surface area (Å²) in [7, 11) is 0. The van der Waals surface area contributed by atoms with Gasteiger partial charge in [-0.15, -0.1) is 0 Å². The number of hydrogen-bond donors (Lipinski definition) is 2. The largest absolute Gasteiger partial charge is 0.370 e. The van der Waals surface area contributed by atoms with Gasteiger partial charge in [0.1, 0.15) is 0 Å². The van der Waals surface area contributed by atoms with Crippen molar-refractivity contribution >= 4 is 0 Å². The molecular formula is C18H35N3. The van der Waals surface area contributed by atoms with E-state index in [9.17, 15) is 0 Å². The Hall–Kier alpha value is -0.960. The molecule has 0 aromatic carbocycles. The predicted octanol–water partition coefficient (Wildman–Crippen LogP) is 4.47. The van der Waals surface area contributed by atoms with Crippen LogP contribution >= 0.6 is 0 Å². The summed E-state index contributed by atoms with van der Waals surface area (Å²) < 4.78 is 0. The van der Waals surface area contributed by atoms with Crippen LogP contribution in [0.2, 0.25) is 0 Å². The molecule has 0 aliphatic carbocycles. The third-order valence-electron chi connectivity index (χ3n) is 4.10. The highest BCUT2D eigenvalue weighted by atomic mass is 15.3. The summed E-state index contributed by atoms with van der Waals surface area (Å²) in [5.41, 5.74) is 5.94. The Bertz CT molecular complexity index is 297. The SMILES string of the molecule is CCCCC/C=C/CCCCCCC1NC=CN1C(C)N. The number of allylic oxidation sites excluding steroid dienone is 2. The van der Waals surface area contributed by atoms with E-state index >= 15 is 0 Å². The summed E-state index contributed by atoms with van der Waals surface area (Å²) in [6.07, 6.45) is 22.3. The van der Waals surface area contributed by atoms with Crippen molar-refractivity contribution in [3.8, 4) is 0 Å².